The summed E-state index contributed by atoms with van der Waals surface area (Å²) < 4.78 is 11.9. The van der Waals surface area contributed by atoms with Crippen LogP contribution in [0.15, 0.2) is 53.9 Å². The Balaban J connectivity index is 2.21. The third-order valence-corrected chi connectivity index (χ3v) is 4.51. The average Bonchev–Trinajstić information content (AvgIpc) is 2.76. The van der Waals surface area contributed by atoms with Crippen LogP contribution in [-0.4, -0.2) is 0 Å². The molecule has 0 aliphatic carbocycles. The van der Waals surface area contributed by atoms with Crippen LogP contribution in [0.4, 0.5) is 0 Å². The monoisotopic (exact) mass is 258 g/mol. The molecule has 0 radical (unpaired) electrons. The Hall–Kier alpha value is -1.33. The summed E-state index contributed by atoms with van der Waals surface area (Å²) in [6.07, 6.45) is 8.19. The SMILES string of the molecule is CC(C)=CCCc1ccccc1C1=CC=C[PH]1=O. The summed E-state index contributed by atoms with van der Waals surface area (Å²) >= 11 is 0. The van der Waals surface area contributed by atoms with Gasteiger partial charge in [0.05, 0.1) is 0 Å². The fourth-order valence-electron chi connectivity index (χ4n) is 2.14. The normalized spacial score (nSPS) is 17.7. The molecule has 1 aliphatic heterocycles. The maximum Gasteiger partial charge on any atom is 0.125 e. The second kappa shape index (κ2) is 6.02. The van der Waals surface area contributed by atoms with E-state index in [4.69, 9.17) is 0 Å². The fraction of sp³-hybridized carbons (Fsp3) is 0.250. The first-order valence-electron chi connectivity index (χ1n) is 6.33. The molecule has 0 saturated heterocycles. The molecule has 18 heavy (non-hydrogen) atoms. The van der Waals surface area contributed by atoms with Crippen LogP contribution in [0.2, 0.25) is 0 Å². The van der Waals surface area contributed by atoms with E-state index in [2.05, 4.69) is 38.1 Å². The minimum absolute atomic E-state index is 1.01. The van der Waals surface area contributed by atoms with Crippen molar-refractivity contribution in [1.82, 2.24) is 0 Å². The Bertz CT molecular complexity index is 546. The molecule has 2 rings (SSSR count). The van der Waals surface area contributed by atoms with E-state index < -0.39 is 7.80 Å². The highest BCUT2D eigenvalue weighted by molar-refractivity contribution is 7.60. The van der Waals surface area contributed by atoms with Gasteiger partial charge in [0, 0.05) is 5.31 Å². The van der Waals surface area contributed by atoms with E-state index in [0.29, 0.717) is 0 Å². The number of hydrogen-bond donors (Lipinski definition) is 0. The minimum Gasteiger partial charge on any atom is -0.318 e. The number of allylic oxidation sites excluding steroid dienone is 4. The van der Waals surface area contributed by atoms with Gasteiger partial charge in [0.25, 0.3) is 0 Å². The van der Waals surface area contributed by atoms with Crippen molar-refractivity contribution in [3.8, 4) is 0 Å². The van der Waals surface area contributed by atoms with Crippen LogP contribution in [0, 0.1) is 0 Å². The van der Waals surface area contributed by atoms with Crippen LogP contribution in [0.25, 0.3) is 5.31 Å². The van der Waals surface area contributed by atoms with Gasteiger partial charge >= 0.3 is 0 Å². The number of benzene rings is 1. The summed E-state index contributed by atoms with van der Waals surface area (Å²) in [5, 5.41) is 1.01. The Morgan fingerprint density at radius 2 is 2.06 bits per heavy atom. The lowest BCUT2D eigenvalue weighted by atomic mass is 10.0. The van der Waals surface area contributed by atoms with Crippen molar-refractivity contribution < 1.29 is 4.57 Å². The molecule has 0 aromatic heterocycles. The fourth-order valence-corrected chi connectivity index (χ4v) is 3.36. The van der Waals surface area contributed by atoms with Gasteiger partial charge in [-0.3, -0.25) is 0 Å². The third-order valence-electron chi connectivity index (χ3n) is 3.05. The first-order chi connectivity index (χ1) is 8.68. The zero-order chi connectivity index (χ0) is 13.0. The van der Waals surface area contributed by atoms with Crippen LogP contribution in [0.5, 0.6) is 0 Å². The average molecular weight is 258 g/mol. The Labute approximate surface area is 110 Å². The van der Waals surface area contributed by atoms with E-state index in [0.717, 1.165) is 23.7 Å². The van der Waals surface area contributed by atoms with E-state index in [1.165, 1.54) is 11.1 Å². The summed E-state index contributed by atoms with van der Waals surface area (Å²) in [6.45, 7) is 4.24. The zero-order valence-corrected chi connectivity index (χ0v) is 11.9. The molecule has 1 heterocycles. The Morgan fingerprint density at radius 3 is 2.72 bits per heavy atom. The highest BCUT2D eigenvalue weighted by Gasteiger charge is 2.13. The zero-order valence-electron chi connectivity index (χ0n) is 10.9. The molecule has 1 nitrogen and oxygen atoms in total. The molecule has 1 unspecified atom stereocenters. The summed E-state index contributed by atoms with van der Waals surface area (Å²) in [5.41, 5.74) is 3.81. The molecule has 1 aromatic rings. The van der Waals surface area contributed by atoms with Crippen molar-refractivity contribution in [3.05, 3.63) is 65.0 Å². The molecule has 2 heteroatoms. The van der Waals surface area contributed by atoms with Crippen molar-refractivity contribution in [2.75, 3.05) is 0 Å². The summed E-state index contributed by atoms with van der Waals surface area (Å²) in [6, 6.07) is 8.30. The van der Waals surface area contributed by atoms with E-state index in [1.54, 1.807) is 0 Å². The Kier molecular flexibility index (Phi) is 4.38. The number of hydrogen-bond acceptors (Lipinski definition) is 1. The van der Waals surface area contributed by atoms with Gasteiger partial charge in [0.1, 0.15) is 7.80 Å². The standard InChI is InChI=1S/C16H19OP/c1-13(2)7-5-9-14-8-3-4-10-15(14)16-11-6-12-18(16)17/h3-4,6-8,10-12,18H,5,9H2,1-2H3. The molecule has 1 aliphatic rings. The second-order valence-electron chi connectivity index (χ2n) is 4.78. The van der Waals surface area contributed by atoms with Crippen LogP contribution in [0.1, 0.15) is 31.4 Å². The van der Waals surface area contributed by atoms with Gasteiger partial charge in [0.2, 0.25) is 0 Å². The molecule has 0 saturated carbocycles. The molecule has 0 bridgehead atoms. The predicted octanol–water partition coefficient (Wildman–Crippen LogP) is 5.01. The topological polar surface area (TPSA) is 17.1 Å². The van der Waals surface area contributed by atoms with Gasteiger partial charge in [-0.15, -0.1) is 0 Å². The van der Waals surface area contributed by atoms with Gasteiger partial charge in [-0.25, -0.2) is 0 Å². The maximum absolute atomic E-state index is 11.9. The summed E-state index contributed by atoms with van der Waals surface area (Å²) in [7, 11) is -1.70. The maximum atomic E-state index is 11.9. The molecule has 0 amide bonds. The van der Waals surface area contributed by atoms with Crippen LogP contribution in [0.3, 0.4) is 0 Å². The molecule has 0 fully saturated rings. The highest BCUT2D eigenvalue weighted by Crippen LogP contribution is 2.46. The quantitative estimate of drug-likeness (QED) is 0.548. The van der Waals surface area contributed by atoms with E-state index >= 15 is 0 Å². The van der Waals surface area contributed by atoms with Gasteiger partial charge in [0.15, 0.2) is 0 Å². The van der Waals surface area contributed by atoms with Crippen molar-refractivity contribution in [2.24, 2.45) is 0 Å². The van der Waals surface area contributed by atoms with Gasteiger partial charge in [-0.05, 0) is 43.6 Å². The smallest absolute Gasteiger partial charge is 0.125 e. The van der Waals surface area contributed by atoms with Crippen LogP contribution >= 0.6 is 7.80 Å². The van der Waals surface area contributed by atoms with Crippen molar-refractivity contribution in [2.45, 2.75) is 26.7 Å². The third kappa shape index (κ3) is 3.11. The van der Waals surface area contributed by atoms with E-state index in [-0.39, 0.29) is 0 Å². The van der Waals surface area contributed by atoms with E-state index in [9.17, 15) is 4.57 Å². The summed E-state index contributed by atoms with van der Waals surface area (Å²) in [5.74, 6) is 1.81. The number of aryl methyl sites for hydroxylation is 1. The summed E-state index contributed by atoms with van der Waals surface area (Å²) in [4.78, 5) is 0. The highest BCUT2D eigenvalue weighted by atomic mass is 31.1. The van der Waals surface area contributed by atoms with E-state index in [1.807, 2.05) is 24.0 Å². The first-order valence-corrected chi connectivity index (χ1v) is 7.81. The van der Waals surface area contributed by atoms with Crippen molar-refractivity contribution >= 4 is 13.1 Å². The van der Waals surface area contributed by atoms with Crippen LogP contribution in [-0.2, 0) is 11.0 Å². The molecule has 1 aromatic carbocycles. The number of rotatable bonds is 4. The molecule has 0 N–H and O–H groups in total. The predicted molar refractivity (Wildman–Crippen MR) is 80.3 cm³/mol. The van der Waals surface area contributed by atoms with Gasteiger partial charge in [-0.2, -0.15) is 0 Å². The van der Waals surface area contributed by atoms with Gasteiger partial charge in [-0.1, -0.05) is 48.1 Å². The minimum atomic E-state index is -1.70. The largest absolute Gasteiger partial charge is 0.318 e. The Morgan fingerprint density at radius 1 is 1.28 bits per heavy atom. The second-order valence-corrected chi connectivity index (χ2v) is 6.38. The molecule has 94 valence electrons. The lowest BCUT2D eigenvalue weighted by molar-refractivity contribution is 0.598. The molecular formula is C16H19OP. The van der Waals surface area contributed by atoms with Crippen molar-refractivity contribution in [1.29, 1.82) is 0 Å². The lowest BCUT2D eigenvalue weighted by Gasteiger charge is -2.09. The molecular weight excluding hydrogens is 239 g/mol. The molecule has 0 spiro atoms. The van der Waals surface area contributed by atoms with Crippen LogP contribution < -0.4 is 0 Å². The molecule has 1 atom stereocenters. The first kappa shape index (κ1) is 13.1. The van der Waals surface area contributed by atoms with Gasteiger partial charge < -0.3 is 4.57 Å². The van der Waals surface area contributed by atoms with Crippen molar-refractivity contribution in [3.63, 3.8) is 0 Å². The lowest BCUT2D eigenvalue weighted by Crippen LogP contribution is -1.91.